The average Bonchev–Trinajstić information content (AvgIpc) is 2.37. The van der Waals surface area contributed by atoms with Crippen LogP contribution in [0, 0.1) is 0 Å². The normalized spacial score (nSPS) is 13.1. The molecular weight excluding hydrogens is 264 g/mol. The van der Waals surface area contributed by atoms with Gasteiger partial charge in [-0.05, 0) is 38.0 Å². The zero-order valence-corrected chi connectivity index (χ0v) is 12.5. The highest BCUT2D eigenvalue weighted by atomic mass is 35.5. The number of methoxy groups -OCH3 is 1. The Hall–Kier alpha value is -1.26. The van der Waals surface area contributed by atoms with E-state index in [1.807, 2.05) is 38.1 Å². The van der Waals surface area contributed by atoms with Crippen LogP contribution in [-0.4, -0.2) is 25.6 Å². The van der Waals surface area contributed by atoms with Crippen molar-refractivity contribution in [3.8, 4) is 5.75 Å². The summed E-state index contributed by atoms with van der Waals surface area (Å²) in [6.07, 6.45) is 0.788. The monoisotopic (exact) mass is 286 g/mol. The summed E-state index contributed by atoms with van der Waals surface area (Å²) in [5.74, 6) is 0.597. The third-order valence-electron chi connectivity index (χ3n) is 2.89. The Morgan fingerprint density at radius 3 is 2.68 bits per heavy atom. The van der Waals surface area contributed by atoms with E-state index < -0.39 is 0 Å². The highest BCUT2D eigenvalue weighted by Gasteiger charge is 2.15. The van der Waals surface area contributed by atoms with E-state index in [1.165, 1.54) is 0 Å². The molecule has 1 aromatic carbocycles. The largest absolute Gasteiger partial charge is 0.497 e. The van der Waals surface area contributed by atoms with Gasteiger partial charge in [0.2, 0.25) is 5.91 Å². The number of carbonyl (C=O) groups excluding carboxylic acids is 1. The van der Waals surface area contributed by atoms with Crippen molar-refractivity contribution in [2.75, 3.05) is 13.7 Å². The van der Waals surface area contributed by atoms with E-state index in [0.29, 0.717) is 6.54 Å². The van der Waals surface area contributed by atoms with E-state index in [1.54, 1.807) is 7.11 Å². The van der Waals surface area contributed by atoms with Gasteiger partial charge in [-0.25, -0.2) is 0 Å². The summed E-state index contributed by atoms with van der Waals surface area (Å²) in [5, 5.41) is 2.89. The number of rotatable bonds is 6. The van der Waals surface area contributed by atoms with E-state index in [0.717, 1.165) is 17.7 Å². The molecule has 0 heterocycles. The highest BCUT2D eigenvalue weighted by Crippen LogP contribution is 2.20. The van der Waals surface area contributed by atoms with Gasteiger partial charge in [-0.1, -0.05) is 12.1 Å². The first-order valence-corrected chi connectivity index (χ1v) is 6.22. The topological polar surface area (TPSA) is 64.3 Å². The number of benzene rings is 1. The maximum Gasteiger partial charge on any atom is 0.227 e. The van der Waals surface area contributed by atoms with Crippen LogP contribution < -0.4 is 15.8 Å². The molecular formula is C14H23ClN2O2. The SMILES string of the molecule is COc1cccc(C(C)C(=O)NCCC(C)N)c1.Cl. The van der Waals surface area contributed by atoms with Crippen LogP contribution in [0.1, 0.15) is 31.7 Å². The van der Waals surface area contributed by atoms with Crippen molar-refractivity contribution in [2.45, 2.75) is 32.2 Å². The Morgan fingerprint density at radius 2 is 2.11 bits per heavy atom. The minimum absolute atomic E-state index is 0. The molecule has 0 aromatic heterocycles. The summed E-state index contributed by atoms with van der Waals surface area (Å²) < 4.78 is 5.15. The maximum absolute atomic E-state index is 11.9. The summed E-state index contributed by atoms with van der Waals surface area (Å²) >= 11 is 0. The molecule has 4 nitrogen and oxygen atoms in total. The predicted molar refractivity (Wildman–Crippen MR) is 79.9 cm³/mol. The molecule has 19 heavy (non-hydrogen) atoms. The number of amides is 1. The Labute approximate surface area is 121 Å². The van der Waals surface area contributed by atoms with Crippen LogP contribution in [0.4, 0.5) is 0 Å². The fraction of sp³-hybridized carbons (Fsp3) is 0.500. The summed E-state index contributed by atoms with van der Waals surface area (Å²) in [6, 6.07) is 7.68. The first-order chi connectivity index (χ1) is 8.54. The Morgan fingerprint density at radius 1 is 1.42 bits per heavy atom. The molecule has 0 fully saturated rings. The number of carbonyl (C=O) groups is 1. The Kier molecular flexibility index (Phi) is 8.19. The van der Waals surface area contributed by atoms with Crippen molar-refractivity contribution in [1.29, 1.82) is 0 Å². The van der Waals surface area contributed by atoms with Crippen LogP contribution in [-0.2, 0) is 4.79 Å². The Bertz CT molecular complexity index is 397. The number of ether oxygens (including phenoxy) is 1. The van der Waals surface area contributed by atoms with Crippen molar-refractivity contribution in [1.82, 2.24) is 5.32 Å². The van der Waals surface area contributed by atoms with Crippen LogP contribution in [0.15, 0.2) is 24.3 Å². The lowest BCUT2D eigenvalue weighted by molar-refractivity contribution is -0.122. The molecule has 0 aliphatic carbocycles. The molecule has 1 amide bonds. The lowest BCUT2D eigenvalue weighted by Crippen LogP contribution is -2.31. The second kappa shape index (κ2) is 8.77. The fourth-order valence-electron chi connectivity index (χ4n) is 1.64. The van der Waals surface area contributed by atoms with Gasteiger partial charge in [-0.3, -0.25) is 4.79 Å². The van der Waals surface area contributed by atoms with Gasteiger partial charge in [-0.15, -0.1) is 12.4 Å². The van der Waals surface area contributed by atoms with Crippen molar-refractivity contribution >= 4 is 18.3 Å². The van der Waals surface area contributed by atoms with Crippen LogP contribution in [0.25, 0.3) is 0 Å². The zero-order valence-electron chi connectivity index (χ0n) is 11.7. The van der Waals surface area contributed by atoms with Gasteiger partial charge in [0.1, 0.15) is 5.75 Å². The lowest BCUT2D eigenvalue weighted by atomic mass is 10.00. The van der Waals surface area contributed by atoms with Crippen molar-refractivity contribution in [3.63, 3.8) is 0 Å². The van der Waals surface area contributed by atoms with Crippen molar-refractivity contribution in [2.24, 2.45) is 5.73 Å². The molecule has 2 atom stereocenters. The van der Waals surface area contributed by atoms with Gasteiger partial charge in [0.25, 0.3) is 0 Å². The molecule has 0 bridgehead atoms. The van der Waals surface area contributed by atoms with E-state index in [2.05, 4.69) is 5.32 Å². The van der Waals surface area contributed by atoms with Gasteiger partial charge in [-0.2, -0.15) is 0 Å². The number of hydrogen-bond acceptors (Lipinski definition) is 3. The lowest BCUT2D eigenvalue weighted by Gasteiger charge is -2.14. The quantitative estimate of drug-likeness (QED) is 0.841. The average molecular weight is 287 g/mol. The van der Waals surface area contributed by atoms with Gasteiger partial charge in [0, 0.05) is 12.6 Å². The predicted octanol–water partition coefficient (Wildman–Crippen LogP) is 2.07. The van der Waals surface area contributed by atoms with Crippen LogP contribution >= 0.6 is 12.4 Å². The molecule has 0 aliphatic rings. The molecule has 5 heteroatoms. The van der Waals surface area contributed by atoms with Crippen molar-refractivity contribution < 1.29 is 9.53 Å². The third kappa shape index (κ3) is 5.94. The van der Waals surface area contributed by atoms with Gasteiger partial charge in [0.15, 0.2) is 0 Å². The summed E-state index contributed by atoms with van der Waals surface area (Å²) in [7, 11) is 1.62. The van der Waals surface area contributed by atoms with E-state index >= 15 is 0 Å². The highest BCUT2D eigenvalue weighted by molar-refractivity contribution is 5.85. The molecule has 3 N–H and O–H groups in total. The van der Waals surface area contributed by atoms with E-state index in [4.69, 9.17) is 10.5 Å². The molecule has 1 aromatic rings. The number of hydrogen-bond donors (Lipinski definition) is 2. The molecule has 0 radical (unpaired) electrons. The Balaban J connectivity index is 0.00000324. The van der Waals surface area contributed by atoms with E-state index in [-0.39, 0.29) is 30.3 Å². The number of nitrogens with one attached hydrogen (secondary N) is 1. The van der Waals surface area contributed by atoms with Crippen LogP contribution in [0.2, 0.25) is 0 Å². The van der Waals surface area contributed by atoms with E-state index in [9.17, 15) is 4.79 Å². The molecule has 0 saturated carbocycles. The van der Waals surface area contributed by atoms with Gasteiger partial charge < -0.3 is 15.8 Å². The standard InChI is InChI=1S/C14H22N2O2.ClH/c1-10(15)7-8-16-14(17)11(2)12-5-4-6-13(9-12)18-3;/h4-6,9-11H,7-8,15H2,1-3H3,(H,16,17);1H. The van der Waals surface area contributed by atoms with Crippen LogP contribution in [0.5, 0.6) is 5.75 Å². The van der Waals surface area contributed by atoms with Crippen LogP contribution in [0.3, 0.4) is 0 Å². The maximum atomic E-state index is 11.9. The summed E-state index contributed by atoms with van der Waals surface area (Å²) in [6.45, 7) is 4.43. The van der Waals surface area contributed by atoms with Gasteiger partial charge >= 0.3 is 0 Å². The summed E-state index contributed by atoms with van der Waals surface area (Å²) in [4.78, 5) is 11.9. The molecule has 0 spiro atoms. The number of nitrogens with two attached hydrogens (primary N) is 1. The molecule has 0 aliphatic heterocycles. The second-order valence-electron chi connectivity index (χ2n) is 4.56. The van der Waals surface area contributed by atoms with Crippen molar-refractivity contribution in [3.05, 3.63) is 29.8 Å². The first-order valence-electron chi connectivity index (χ1n) is 6.22. The fourth-order valence-corrected chi connectivity index (χ4v) is 1.64. The molecule has 0 saturated heterocycles. The molecule has 2 unspecified atom stereocenters. The first kappa shape index (κ1) is 17.7. The summed E-state index contributed by atoms with van der Waals surface area (Å²) in [5.41, 5.74) is 6.59. The number of halogens is 1. The van der Waals surface area contributed by atoms with Gasteiger partial charge in [0.05, 0.1) is 13.0 Å². The molecule has 108 valence electrons. The molecule has 1 rings (SSSR count). The smallest absolute Gasteiger partial charge is 0.227 e. The zero-order chi connectivity index (χ0) is 13.5. The second-order valence-corrected chi connectivity index (χ2v) is 4.56. The third-order valence-corrected chi connectivity index (χ3v) is 2.89. The minimum atomic E-state index is -0.187. The minimum Gasteiger partial charge on any atom is -0.497 e.